The minimum Gasteiger partial charge on any atom is -0.383 e. The third-order valence-corrected chi connectivity index (χ3v) is 6.05. The quantitative estimate of drug-likeness (QED) is 0.536. The molecule has 0 saturated carbocycles. The van der Waals surface area contributed by atoms with Crippen LogP contribution < -0.4 is 16.0 Å². The topological polar surface area (TPSA) is 84.1 Å². The molecule has 1 saturated heterocycles. The van der Waals surface area contributed by atoms with Gasteiger partial charge in [-0.25, -0.2) is 9.97 Å². The van der Waals surface area contributed by atoms with Crippen LogP contribution in [0.3, 0.4) is 0 Å². The molecule has 3 heterocycles. The summed E-state index contributed by atoms with van der Waals surface area (Å²) < 4.78 is 41.4. The lowest BCUT2D eigenvalue weighted by atomic mass is 9.95. The normalized spacial score (nSPS) is 18.8. The molecule has 178 valence electrons. The Balaban J connectivity index is 1.75. The summed E-state index contributed by atoms with van der Waals surface area (Å²) in [6, 6.07) is 15.0. The molecule has 1 fully saturated rings. The lowest BCUT2D eigenvalue weighted by Crippen LogP contribution is -2.54. The Kier molecular flexibility index (Phi) is 6.56. The van der Waals surface area contributed by atoms with Crippen molar-refractivity contribution in [3.8, 4) is 0 Å². The van der Waals surface area contributed by atoms with Crippen LogP contribution in [0.1, 0.15) is 47.1 Å². The van der Waals surface area contributed by atoms with Gasteiger partial charge >= 0.3 is 6.18 Å². The van der Waals surface area contributed by atoms with E-state index in [9.17, 15) is 18.0 Å². The number of carbonyl (C=O) groups is 1. The van der Waals surface area contributed by atoms with Crippen LogP contribution >= 0.6 is 0 Å². The Morgan fingerprint density at radius 1 is 1.09 bits per heavy atom. The van der Waals surface area contributed by atoms with Crippen LogP contribution in [-0.2, 0) is 6.18 Å². The number of nitrogens with zero attached hydrogens (tertiary/aromatic N) is 3. The van der Waals surface area contributed by atoms with Gasteiger partial charge in [0.05, 0.1) is 17.2 Å². The fourth-order valence-corrected chi connectivity index (χ4v) is 4.14. The summed E-state index contributed by atoms with van der Waals surface area (Å²) in [5.74, 6) is -0.458. The Labute approximate surface area is 196 Å². The molecular weight excluding hydrogens is 443 g/mol. The molecular formula is C25H26F3N5O. The number of piperazine rings is 1. The Hall–Kier alpha value is -3.46. The van der Waals surface area contributed by atoms with Crippen molar-refractivity contribution in [2.45, 2.75) is 32.1 Å². The van der Waals surface area contributed by atoms with E-state index in [1.165, 1.54) is 24.4 Å². The van der Waals surface area contributed by atoms with Crippen molar-refractivity contribution in [2.24, 2.45) is 5.92 Å². The first-order chi connectivity index (χ1) is 16.1. The fraction of sp³-hybridized carbons (Fsp3) is 0.320. The highest BCUT2D eigenvalue weighted by Gasteiger charge is 2.38. The molecule has 0 aliphatic carbocycles. The average molecular weight is 470 g/mol. The second-order valence-electron chi connectivity index (χ2n) is 8.71. The van der Waals surface area contributed by atoms with E-state index in [-0.39, 0.29) is 29.4 Å². The van der Waals surface area contributed by atoms with Crippen molar-refractivity contribution in [3.05, 3.63) is 83.2 Å². The SMILES string of the molecule is CC(C)[C@H]1CN(c2ccc(C(F)(F)F)c(C(=O)c3cccnc3N)n2)C[C@@H](c2ccccc2)N1. The summed E-state index contributed by atoms with van der Waals surface area (Å²) in [7, 11) is 0. The zero-order chi connectivity index (χ0) is 24.5. The molecule has 0 unspecified atom stereocenters. The smallest absolute Gasteiger partial charge is 0.383 e. The number of nitrogen functional groups attached to an aromatic ring is 1. The monoisotopic (exact) mass is 469 g/mol. The Morgan fingerprint density at radius 2 is 1.82 bits per heavy atom. The van der Waals surface area contributed by atoms with E-state index in [0.29, 0.717) is 18.9 Å². The van der Waals surface area contributed by atoms with Crippen molar-refractivity contribution in [2.75, 3.05) is 23.7 Å². The van der Waals surface area contributed by atoms with Gasteiger partial charge in [0.25, 0.3) is 0 Å². The number of carbonyl (C=O) groups excluding carboxylic acids is 1. The predicted octanol–water partition coefficient (Wildman–Crippen LogP) is 4.48. The second kappa shape index (κ2) is 9.42. The van der Waals surface area contributed by atoms with E-state index in [0.717, 1.165) is 11.6 Å². The standard InChI is InChI=1S/C25H26F3N5O/c1-15(2)19-13-33(14-20(31-19)16-7-4-3-5-8-16)21-11-10-18(25(26,27)28)22(32-21)23(34)17-9-6-12-30-24(17)29/h3-12,15,19-20,31H,13-14H2,1-2H3,(H2,29,30)/t19-,20+/m1/s1. The van der Waals surface area contributed by atoms with Crippen LogP contribution in [0.5, 0.6) is 0 Å². The highest BCUT2D eigenvalue weighted by atomic mass is 19.4. The molecule has 1 aliphatic heterocycles. The number of benzene rings is 1. The number of hydrogen-bond acceptors (Lipinski definition) is 6. The maximum atomic E-state index is 13.8. The van der Waals surface area contributed by atoms with Gasteiger partial charge in [-0.15, -0.1) is 0 Å². The predicted molar refractivity (Wildman–Crippen MR) is 124 cm³/mol. The maximum absolute atomic E-state index is 13.8. The van der Waals surface area contributed by atoms with E-state index in [1.54, 1.807) is 0 Å². The second-order valence-corrected chi connectivity index (χ2v) is 8.71. The number of nitrogens with one attached hydrogen (secondary N) is 1. The first-order valence-electron chi connectivity index (χ1n) is 11.0. The molecule has 4 rings (SSSR count). The minimum absolute atomic E-state index is 0.0421. The molecule has 3 N–H and O–H groups in total. The van der Waals surface area contributed by atoms with E-state index in [4.69, 9.17) is 5.73 Å². The number of rotatable bonds is 5. The number of halogens is 3. The number of pyridine rings is 2. The summed E-state index contributed by atoms with van der Waals surface area (Å²) in [5.41, 5.74) is 4.96. The molecule has 0 bridgehead atoms. The molecule has 6 nitrogen and oxygen atoms in total. The maximum Gasteiger partial charge on any atom is 0.418 e. The largest absolute Gasteiger partial charge is 0.418 e. The molecule has 1 aliphatic rings. The summed E-state index contributed by atoms with van der Waals surface area (Å²) in [4.78, 5) is 23.1. The van der Waals surface area contributed by atoms with Crippen molar-refractivity contribution in [1.82, 2.24) is 15.3 Å². The number of nitrogens with two attached hydrogens (primary N) is 1. The van der Waals surface area contributed by atoms with E-state index >= 15 is 0 Å². The van der Waals surface area contributed by atoms with Crippen LogP contribution in [0.4, 0.5) is 24.8 Å². The van der Waals surface area contributed by atoms with Gasteiger partial charge in [0.15, 0.2) is 0 Å². The lowest BCUT2D eigenvalue weighted by Gasteiger charge is -2.41. The lowest BCUT2D eigenvalue weighted by molar-refractivity contribution is -0.138. The molecule has 0 spiro atoms. The zero-order valence-electron chi connectivity index (χ0n) is 18.9. The van der Waals surface area contributed by atoms with Gasteiger partial charge in [0, 0.05) is 25.3 Å². The van der Waals surface area contributed by atoms with Crippen molar-refractivity contribution >= 4 is 17.4 Å². The average Bonchev–Trinajstić information content (AvgIpc) is 2.83. The van der Waals surface area contributed by atoms with Crippen LogP contribution in [0, 0.1) is 5.92 Å². The van der Waals surface area contributed by atoms with Gasteiger partial charge in [-0.05, 0) is 35.7 Å². The van der Waals surface area contributed by atoms with Crippen LogP contribution in [-0.4, -0.2) is 34.9 Å². The van der Waals surface area contributed by atoms with Crippen molar-refractivity contribution < 1.29 is 18.0 Å². The third kappa shape index (κ3) is 4.89. The molecule has 9 heteroatoms. The van der Waals surface area contributed by atoms with Gasteiger partial charge in [-0.1, -0.05) is 44.2 Å². The summed E-state index contributed by atoms with van der Waals surface area (Å²) in [6.07, 6.45) is -3.37. The first-order valence-corrected chi connectivity index (χ1v) is 11.0. The molecule has 0 amide bonds. The Morgan fingerprint density at radius 3 is 2.47 bits per heavy atom. The van der Waals surface area contributed by atoms with Crippen LogP contribution in [0.2, 0.25) is 0 Å². The molecule has 34 heavy (non-hydrogen) atoms. The van der Waals surface area contributed by atoms with Crippen LogP contribution in [0.25, 0.3) is 0 Å². The molecule has 3 aromatic rings. The number of anilines is 2. The van der Waals surface area contributed by atoms with Crippen LogP contribution in [0.15, 0.2) is 60.8 Å². The zero-order valence-corrected chi connectivity index (χ0v) is 18.9. The highest BCUT2D eigenvalue weighted by Crippen LogP contribution is 2.35. The third-order valence-electron chi connectivity index (χ3n) is 6.05. The summed E-state index contributed by atoms with van der Waals surface area (Å²) >= 11 is 0. The van der Waals surface area contributed by atoms with E-state index < -0.39 is 23.2 Å². The fourth-order valence-electron chi connectivity index (χ4n) is 4.14. The number of aromatic nitrogens is 2. The number of hydrogen-bond donors (Lipinski definition) is 2. The number of alkyl halides is 3. The van der Waals surface area contributed by atoms with Gasteiger partial charge in [0.1, 0.15) is 17.3 Å². The minimum atomic E-state index is -4.75. The number of ketones is 1. The molecule has 2 aromatic heterocycles. The molecule has 2 atom stereocenters. The van der Waals surface area contributed by atoms with Gasteiger partial charge in [-0.2, -0.15) is 13.2 Å². The van der Waals surface area contributed by atoms with Gasteiger partial charge in [-0.3, -0.25) is 4.79 Å². The van der Waals surface area contributed by atoms with E-state index in [2.05, 4.69) is 29.1 Å². The summed E-state index contributed by atoms with van der Waals surface area (Å²) in [5, 5.41) is 3.63. The first kappa shape index (κ1) is 23.7. The van der Waals surface area contributed by atoms with Gasteiger partial charge < -0.3 is 16.0 Å². The molecule has 0 radical (unpaired) electrons. The molecule has 1 aromatic carbocycles. The summed E-state index contributed by atoms with van der Waals surface area (Å²) in [6.45, 7) is 5.21. The van der Waals surface area contributed by atoms with Crippen molar-refractivity contribution in [1.29, 1.82) is 0 Å². The highest BCUT2D eigenvalue weighted by molar-refractivity contribution is 6.11. The Bertz CT molecular complexity index is 1170. The van der Waals surface area contributed by atoms with Gasteiger partial charge in [0.2, 0.25) is 5.78 Å². The van der Waals surface area contributed by atoms with Crippen molar-refractivity contribution in [3.63, 3.8) is 0 Å². The van der Waals surface area contributed by atoms with E-state index in [1.807, 2.05) is 35.2 Å².